The Morgan fingerprint density at radius 3 is 2.83 bits per heavy atom. The van der Waals surface area contributed by atoms with Crippen molar-refractivity contribution in [3.63, 3.8) is 0 Å². The van der Waals surface area contributed by atoms with Gasteiger partial charge in [-0.05, 0) is 31.0 Å². The number of thiazole rings is 1. The Hall–Kier alpha value is -2.23. The molecule has 3 N–H and O–H groups in total. The van der Waals surface area contributed by atoms with Crippen LogP contribution >= 0.6 is 22.9 Å². The van der Waals surface area contributed by atoms with Crippen LogP contribution in [0.3, 0.4) is 0 Å². The van der Waals surface area contributed by atoms with Gasteiger partial charge in [-0.25, -0.2) is 14.2 Å². The Labute approximate surface area is 183 Å². The van der Waals surface area contributed by atoms with Gasteiger partial charge in [-0.2, -0.15) is 0 Å². The van der Waals surface area contributed by atoms with Gasteiger partial charge < -0.3 is 10.6 Å². The molecule has 30 heavy (non-hydrogen) atoms. The van der Waals surface area contributed by atoms with E-state index in [4.69, 9.17) is 11.6 Å². The van der Waals surface area contributed by atoms with E-state index in [1.807, 2.05) is 4.90 Å². The molecule has 0 unspecified atom stereocenters. The summed E-state index contributed by atoms with van der Waals surface area (Å²) in [6.45, 7) is 1.50. The van der Waals surface area contributed by atoms with Crippen LogP contribution in [0.4, 0.5) is 20.0 Å². The molecule has 3 amide bonds. The number of fused-ring (bicyclic) bond motifs is 1. The first-order valence-electron chi connectivity index (χ1n) is 9.99. The quantitative estimate of drug-likeness (QED) is 0.641. The molecule has 2 aliphatic rings. The van der Waals surface area contributed by atoms with Crippen molar-refractivity contribution in [1.29, 1.82) is 0 Å². The van der Waals surface area contributed by atoms with E-state index in [0.29, 0.717) is 30.3 Å². The van der Waals surface area contributed by atoms with Gasteiger partial charge >= 0.3 is 6.03 Å². The fourth-order valence-corrected chi connectivity index (χ4v) is 5.03. The third kappa shape index (κ3) is 5.27. The number of urea groups is 1. The van der Waals surface area contributed by atoms with Crippen molar-refractivity contribution < 1.29 is 14.0 Å². The standard InChI is InChI=1S/C20H23ClFN5O2S/c21-14-9-13(5-6-15(14)22)23-18(28)11-27-8-7-16-17(10-27)30-20(25-16)26-19(29)24-12-3-1-2-4-12/h5-6,9,12H,1-4,7-8,10-11H2,(H,23,28)(H2,24,25,26,29). The fraction of sp³-hybridized carbons (Fsp3) is 0.450. The van der Waals surface area contributed by atoms with Gasteiger partial charge in [0, 0.05) is 36.1 Å². The highest BCUT2D eigenvalue weighted by Gasteiger charge is 2.24. The Morgan fingerprint density at radius 2 is 2.07 bits per heavy atom. The first-order valence-corrected chi connectivity index (χ1v) is 11.2. The molecule has 1 fully saturated rings. The number of carbonyl (C=O) groups excluding carboxylic acids is 2. The van der Waals surface area contributed by atoms with E-state index in [1.165, 1.54) is 29.5 Å². The van der Waals surface area contributed by atoms with Crippen LogP contribution in [0.2, 0.25) is 5.02 Å². The molecule has 10 heteroatoms. The van der Waals surface area contributed by atoms with Crippen molar-refractivity contribution in [2.45, 2.75) is 44.7 Å². The number of carbonyl (C=O) groups is 2. The van der Waals surface area contributed by atoms with Crippen LogP contribution in [0.5, 0.6) is 0 Å². The Morgan fingerprint density at radius 1 is 1.27 bits per heavy atom. The van der Waals surface area contributed by atoms with Crippen LogP contribution in [-0.2, 0) is 17.8 Å². The summed E-state index contributed by atoms with van der Waals surface area (Å²) < 4.78 is 13.2. The lowest BCUT2D eigenvalue weighted by atomic mass is 10.2. The number of halogens is 2. The first kappa shape index (κ1) is 21.0. The molecule has 0 atom stereocenters. The summed E-state index contributed by atoms with van der Waals surface area (Å²) in [7, 11) is 0. The van der Waals surface area contributed by atoms with E-state index in [9.17, 15) is 14.0 Å². The Bertz CT molecular complexity index is 947. The molecule has 1 aliphatic heterocycles. The molecular weight excluding hydrogens is 429 g/mol. The molecule has 0 spiro atoms. The second kappa shape index (κ2) is 9.28. The topological polar surface area (TPSA) is 86.4 Å². The maximum absolute atomic E-state index is 13.2. The summed E-state index contributed by atoms with van der Waals surface area (Å²) in [5.41, 5.74) is 1.43. The molecule has 2 aromatic rings. The number of benzene rings is 1. The average molecular weight is 452 g/mol. The minimum Gasteiger partial charge on any atom is -0.335 e. The molecule has 1 saturated carbocycles. The monoisotopic (exact) mass is 451 g/mol. The van der Waals surface area contributed by atoms with Crippen molar-refractivity contribution in [2.75, 3.05) is 23.7 Å². The van der Waals surface area contributed by atoms with Gasteiger partial charge in [0.2, 0.25) is 5.91 Å². The van der Waals surface area contributed by atoms with Gasteiger partial charge in [-0.15, -0.1) is 11.3 Å². The van der Waals surface area contributed by atoms with Crippen molar-refractivity contribution in [1.82, 2.24) is 15.2 Å². The third-order valence-corrected chi connectivity index (χ3v) is 6.58. The number of nitrogens with zero attached hydrogens (tertiary/aromatic N) is 2. The first-order chi connectivity index (χ1) is 14.5. The van der Waals surface area contributed by atoms with Gasteiger partial charge in [-0.1, -0.05) is 24.4 Å². The number of amides is 3. The summed E-state index contributed by atoms with van der Waals surface area (Å²) >= 11 is 7.20. The maximum atomic E-state index is 13.2. The zero-order chi connectivity index (χ0) is 21.1. The molecule has 2 heterocycles. The lowest BCUT2D eigenvalue weighted by Crippen LogP contribution is -2.36. The van der Waals surface area contributed by atoms with Crippen LogP contribution in [0.1, 0.15) is 36.3 Å². The second-order valence-corrected chi connectivity index (χ2v) is 9.10. The number of rotatable bonds is 5. The van der Waals surface area contributed by atoms with Crippen LogP contribution in [-0.4, -0.2) is 41.0 Å². The Kier molecular flexibility index (Phi) is 6.50. The summed E-state index contributed by atoms with van der Waals surface area (Å²) in [5.74, 6) is -0.718. The lowest BCUT2D eigenvalue weighted by Gasteiger charge is -2.25. The normalized spacial score (nSPS) is 16.9. The van der Waals surface area contributed by atoms with E-state index in [1.54, 1.807) is 0 Å². The molecule has 0 saturated heterocycles. The fourth-order valence-electron chi connectivity index (χ4n) is 3.80. The second-order valence-electron chi connectivity index (χ2n) is 7.61. The third-order valence-electron chi connectivity index (χ3n) is 5.29. The lowest BCUT2D eigenvalue weighted by molar-refractivity contribution is -0.117. The average Bonchev–Trinajstić information content (AvgIpc) is 3.33. The number of aromatic nitrogens is 1. The van der Waals surface area contributed by atoms with Crippen molar-refractivity contribution in [3.8, 4) is 0 Å². The van der Waals surface area contributed by atoms with Crippen molar-refractivity contribution in [3.05, 3.63) is 39.6 Å². The molecule has 4 rings (SSSR count). The molecule has 1 aromatic carbocycles. The highest BCUT2D eigenvalue weighted by molar-refractivity contribution is 7.15. The predicted octanol–water partition coefficient (Wildman–Crippen LogP) is 4.00. The smallest absolute Gasteiger partial charge is 0.321 e. The minimum absolute atomic E-state index is 0.0305. The van der Waals surface area contributed by atoms with Crippen LogP contribution in [0.15, 0.2) is 18.2 Å². The number of hydrogen-bond donors (Lipinski definition) is 3. The van der Waals surface area contributed by atoms with Gasteiger partial charge in [0.1, 0.15) is 5.82 Å². The van der Waals surface area contributed by atoms with E-state index in [0.717, 1.165) is 36.3 Å². The summed E-state index contributed by atoms with van der Waals surface area (Å²) in [6.07, 6.45) is 5.10. The van der Waals surface area contributed by atoms with Crippen LogP contribution < -0.4 is 16.0 Å². The molecule has 1 aromatic heterocycles. The van der Waals surface area contributed by atoms with Gasteiger partial charge in [-0.3, -0.25) is 15.0 Å². The van der Waals surface area contributed by atoms with Gasteiger partial charge in [0.25, 0.3) is 0 Å². The van der Waals surface area contributed by atoms with Crippen molar-refractivity contribution in [2.24, 2.45) is 0 Å². The van der Waals surface area contributed by atoms with Gasteiger partial charge in [0.05, 0.1) is 17.3 Å². The van der Waals surface area contributed by atoms with E-state index < -0.39 is 5.82 Å². The highest BCUT2D eigenvalue weighted by Crippen LogP contribution is 2.28. The molecule has 160 valence electrons. The molecule has 1 aliphatic carbocycles. The summed E-state index contributed by atoms with van der Waals surface area (Å²) in [5, 5.41) is 9.13. The zero-order valence-corrected chi connectivity index (χ0v) is 17.9. The number of nitrogens with one attached hydrogen (secondary N) is 3. The number of hydrogen-bond acceptors (Lipinski definition) is 5. The van der Waals surface area contributed by atoms with E-state index in [2.05, 4.69) is 20.9 Å². The predicted molar refractivity (Wildman–Crippen MR) is 116 cm³/mol. The minimum atomic E-state index is -0.523. The molecule has 0 radical (unpaired) electrons. The molecule has 0 bridgehead atoms. The van der Waals surface area contributed by atoms with Crippen LogP contribution in [0.25, 0.3) is 0 Å². The largest absolute Gasteiger partial charge is 0.335 e. The SMILES string of the molecule is O=C(CN1CCc2nc(NC(=O)NC3CCCC3)sc2C1)Nc1ccc(F)c(Cl)c1. The summed E-state index contributed by atoms with van der Waals surface area (Å²) in [6, 6.07) is 4.14. The van der Waals surface area contributed by atoms with E-state index >= 15 is 0 Å². The van der Waals surface area contributed by atoms with Crippen molar-refractivity contribution >= 4 is 45.7 Å². The molecule has 7 nitrogen and oxygen atoms in total. The number of anilines is 2. The highest BCUT2D eigenvalue weighted by atomic mass is 35.5. The van der Waals surface area contributed by atoms with E-state index in [-0.39, 0.29) is 29.5 Å². The van der Waals surface area contributed by atoms with Crippen LogP contribution in [0, 0.1) is 5.82 Å². The zero-order valence-electron chi connectivity index (χ0n) is 16.3. The Balaban J connectivity index is 1.29. The molecular formula is C20H23ClFN5O2S. The summed E-state index contributed by atoms with van der Waals surface area (Å²) in [4.78, 5) is 32.1. The van der Waals surface area contributed by atoms with Gasteiger partial charge in [0.15, 0.2) is 5.13 Å². The maximum Gasteiger partial charge on any atom is 0.321 e.